The van der Waals surface area contributed by atoms with Crippen molar-refractivity contribution in [3.05, 3.63) is 64.7 Å². The molecule has 0 fully saturated rings. The average Bonchev–Trinajstić information content (AvgIpc) is 2.45. The van der Waals surface area contributed by atoms with Crippen molar-refractivity contribution in [1.82, 2.24) is 0 Å². The molecular weight excluding hydrogens is 260 g/mol. The van der Waals surface area contributed by atoms with Crippen molar-refractivity contribution in [1.29, 1.82) is 0 Å². The summed E-state index contributed by atoms with van der Waals surface area (Å²) in [5, 5.41) is 0. The van der Waals surface area contributed by atoms with Crippen LogP contribution in [0.4, 0.5) is 0 Å². The Hall–Kier alpha value is -2.09. The van der Waals surface area contributed by atoms with Crippen LogP contribution in [0.5, 0.6) is 5.75 Å². The van der Waals surface area contributed by atoms with E-state index in [1.54, 1.807) is 0 Å². The Morgan fingerprint density at radius 1 is 1.14 bits per heavy atom. The summed E-state index contributed by atoms with van der Waals surface area (Å²) in [7, 11) is 0. The Bertz CT molecular complexity index is 653. The van der Waals surface area contributed by atoms with Gasteiger partial charge >= 0.3 is 0 Å². The summed E-state index contributed by atoms with van der Waals surface area (Å²) < 4.78 is 5.64. The van der Waals surface area contributed by atoms with Crippen molar-refractivity contribution in [2.24, 2.45) is 0 Å². The van der Waals surface area contributed by atoms with E-state index in [1.165, 1.54) is 11.1 Å². The zero-order chi connectivity index (χ0) is 14.8. The van der Waals surface area contributed by atoms with E-state index < -0.39 is 0 Å². The number of ketones is 1. The van der Waals surface area contributed by atoms with Crippen LogP contribution in [0.2, 0.25) is 0 Å². The molecule has 2 aromatic rings. The van der Waals surface area contributed by atoms with Crippen LogP contribution in [0.1, 0.15) is 34.6 Å². The van der Waals surface area contributed by atoms with Gasteiger partial charge in [0.1, 0.15) is 11.5 Å². The highest BCUT2D eigenvalue weighted by Gasteiger charge is 2.27. The first-order valence-electron chi connectivity index (χ1n) is 7.45. The second-order valence-corrected chi connectivity index (χ2v) is 5.87. The van der Waals surface area contributed by atoms with E-state index in [4.69, 9.17) is 4.74 Å². The van der Waals surface area contributed by atoms with Gasteiger partial charge in [-0.25, -0.2) is 0 Å². The zero-order valence-electron chi connectivity index (χ0n) is 12.6. The third-order valence-electron chi connectivity index (χ3n) is 4.01. The number of rotatable bonds is 3. The van der Waals surface area contributed by atoms with Gasteiger partial charge in [0.05, 0.1) is 6.61 Å². The largest absolute Gasteiger partial charge is 0.493 e. The second kappa shape index (κ2) is 5.72. The summed E-state index contributed by atoms with van der Waals surface area (Å²) in [6, 6.07) is 14.2. The van der Waals surface area contributed by atoms with Crippen molar-refractivity contribution in [2.45, 2.75) is 32.6 Å². The smallest absolute Gasteiger partial charge is 0.144 e. The number of fused-ring (bicyclic) bond motifs is 1. The molecule has 1 heterocycles. The highest BCUT2D eigenvalue weighted by atomic mass is 16.5. The van der Waals surface area contributed by atoms with Gasteiger partial charge in [-0.2, -0.15) is 0 Å². The molecule has 0 spiro atoms. The number of benzene rings is 2. The van der Waals surface area contributed by atoms with Crippen LogP contribution in [-0.4, -0.2) is 12.4 Å². The van der Waals surface area contributed by atoms with Crippen molar-refractivity contribution < 1.29 is 9.53 Å². The van der Waals surface area contributed by atoms with Gasteiger partial charge in [0.25, 0.3) is 0 Å². The third-order valence-corrected chi connectivity index (χ3v) is 4.01. The Balaban J connectivity index is 1.83. The lowest BCUT2D eigenvalue weighted by Crippen LogP contribution is -2.22. The van der Waals surface area contributed by atoms with Gasteiger partial charge in [-0.05, 0) is 31.9 Å². The fourth-order valence-corrected chi connectivity index (χ4v) is 3.17. The molecule has 2 nitrogen and oxygen atoms in total. The number of carbonyl (C=O) groups excluding carboxylic acids is 1. The first kappa shape index (κ1) is 13.9. The van der Waals surface area contributed by atoms with Gasteiger partial charge in [0, 0.05) is 17.9 Å². The lowest BCUT2D eigenvalue weighted by molar-refractivity contribution is -0.120. The third kappa shape index (κ3) is 2.99. The lowest BCUT2D eigenvalue weighted by Gasteiger charge is -2.25. The maximum absolute atomic E-state index is 12.7. The summed E-state index contributed by atoms with van der Waals surface area (Å²) in [6.07, 6.45) is 1.28. The van der Waals surface area contributed by atoms with Crippen LogP contribution in [0, 0.1) is 13.8 Å². The Morgan fingerprint density at radius 2 is 1.86 bits per heavy atom. The number of hydrogen-bond acceptors (Lipinski definition) is 2. The number of Topliss-reactive ketones (excluding diaryl/α,β-unsaturated/α-hetero) is 1. The minimum absolute atomic E-state index is 0.0317. The quantitative estimate of drug-likeness (QED) is 0.850. The van der Waals surface area contributed by atoms with Gasteiger partial charge in [0.15, 0.2) is 0 Å². The molecular formula is C19H20O2. The number of aryl methyl sites for hydroxylation is 2. The van der Waals surface area contributed by atoms with Gasteiger partial charge in [-0.15, -0.1) is 0 Å². The minimum Gasteiger partial charge on any atom is -0.493 e. The van der Waals surface area contributed by atoms with E-state index in [2.05, 4.69) is 32.0 Å². The van der Waals surface area contributed by atoms with Crippen molar-refractivity contribution >= 4 is 5.78 Å². The maximum atomic E-state index is 12.7. The summed E-state index contributed by atoms with van der Waals surface area (Å²) in [4.78, 5) is 12.7. The molecule has 1 unspecified atom stereocenters. The fourth-order valence-electron chi connectivity index (χ4n) is 3.17. The molecule has 1 aliphatic rings. The molecule has 21 heavy (non-hydrogen) atoms. The van der Waals surface area contributed by atoms with E-state index in [0.717, 1.165) is 23.3 Å². The van der Waals surface area contributed by atoms with E-state index >= 15 is 0 Å². The number of carbonyl (C=O) groups is 1. The highest BCUT2D eigenvalue weighted by molar-refractivity contribution is 5.88. The van der Waals surface area contributed by atoms with Crippen LogP contribution < -0.4 is 4.74 Å². The molecule has 0 saturated heterocycles. The van der Waals surface area contributed by atoms with E-state index in [1.807, 2.05) is 24.3 Å². The van der Waals surface area contributed by atoms with Gasteiger partial charge in [-0.1, -0.05) is 47.5 Å². The molecule has 0 radical (unpaired) electrons. The summed E-state index contributed by atoms with van der Waals surface area (Å²) in [6.45, 7) is 4.77. The topological polar surface area (TPSA) is 26.3 Å². The maximum Gasteiger partial charge on any atom is 0.144 e. The van der Waals surface area contributed by atoms with Crippen LogP contribution in [0.15, 0.2) is 42.5 Å². The molecule has 0 aliphatic carbocycles. The summed E-state index contributed by atoms with van der Waals surface area (Å²) in [5.41, 5.74) is 4.58. The summed E-state index contributed by atoms with van der Waals surface area (Å²) >= 11 is 0. The predicted molar refractivity (Wildman–Crippen MR) is 83.9 cm³/mol. The van der Waals surface area contributed by atoms with Crippen molar-refractivity contribution in [2.75, 3.05) is 6.61 Å². The molecule has 0 amide bonds. The van der Waals surface area contributed by atoms with Gasteiger partial charge in [0.2, 0.25) is 0 Å². The molecule has 0 N–H and O–H groups in total. The van der Waals surface area contributed by atoms with E-state index in [0.29, 0.717) is 13.0 Å². The number of ether oxygens (including phenoxy) is 1. The average molecular weight is 280 g/mol. The first-order valence-corrected chi connectivity index (χ1v) is 7.45. The van der Waals surface area contributed by atoms with E-state index in [9.17, 15) is 4.79 Å². The Morgan fingerprint density at radius 3 is 2.62 bits per heavy atom. The van der Waals surface area contributed by atoms with Crippen LogP contribution in [0.25, 0.3) is 0 Å². The molecule has 1 atom stereocenters. The molecule has 0 saturated carbocycles. The monoisotopic (exact) mass is 280 g/mol. The molecule has 1 aliphatic heterocycles. The Labute approximate surface area is 125 Å². The zero-order valence-corrected chi connectivity index (χ0v) is 12.6. The molecule has 108 valence electrons. The van der Waals surface area contributed by atoms with Gasteiger partial charge < -0.3 is 4.74 Å². The summed E-state index contributed by atoms with van der Waals surface area (Å²) in [5.74, 6) is 1.12. The molecule has 2 heteroatoms. The SMILES string of the molecule is Cc1cc(C)cc(CC(=O)C2CCOc3ccccc32)c1. The number of para-hydroxylation sites is 1. The van der Waals surface area contributed by atoms with Crippen LogP contribution in [-0.2, 0) is 11.2 Å². The Kier molecular flexibility index (Phi) is 3.78. The molecule has 0 bridgehead atoms. The first-order chi connectivity index (χ1) is 10.1. The molecule has 2 aromatic carbocycles. The van der Waals surface area contributed by atoms with Gasteiger partial charge in [-0.3, -0.25) is 4.79 Å². The predicted octanol–water partition coefficient (Wildman–Crippen LogP) is 3.98. The highest BCUT2D eigenvalue weighted by Crippen LogP contribution is 2.34. The lowest BCUT2D eigenvalue weighted by atomic mass is 9.86. The molecule has 0 aromatic heterocycles. The number of hydrogen-bond donors (Lipinski definition) is 0. The normalized spacial score (nSPS) is 17.0. The van der Waals surface area contributed by atoms with Crippen LogP contribution in [0.3, 0.4) is 0 Å². The van der Waals surface area contributed by atoms with Crippen molar-refractivity contribution in [3.8, 4) is 5.75 Å². The second-order valence-electron chi connectivity index (χ2n) is 5.87. The molecule has 3 rings (SSSR count). The standard InChI is InChI=1S/C19H20O2/c1-13-9-14(2)11-15(10-13)12-18(20)16-7-8-21-19-6-4-3-5-17(16)19/h3-6,9-11,16H,7-8,12H2,1-2H3. The van der Waals surface area contributed by atoms with E-state index in [-0.39, 0.29) is 11.7 Å². The van der Waals surface area contributed by atoms with Crippen molar-refractivity contribution in [3.63, 3.8) is 0 Å². The van der Waals surface area contributed by atoms with Crippen LogP contribution >= 0.6 is 0 Å². The fraction of sp³-hybridized carbons (Fsp3) is 0.316. The minimum atomic E-state index is -0.0317.